The molecule has 2 heterocycles. The van der Waals surface area contributed by atoms with E-state index in [4.69, 9.17) is 9.47 Å². The topological polar surface area (TPSA) is 43.4 Å². The van der Waals surface area contributed by atoms with Gasteiger partial charge in [0, 0.05) is 17.6 Å². The van der Waals surface area contributed by atoms with E-state index in [0.29, 0.717) is 12.8 Å². The summed E-state index contributed by atoms with van der Waals surface area (Å²) in [7, 11) is 0. The second-order valence-corrected chi connectivity index (χ2v) is 5.63. The molecule has 1 N–H and O–H groups in total. The van der Waals surface area contributed by atoms with Crippen molar-refractivity contribution in [3.05, 3.63) is 24.4 Å². The number of pyridine rings is 1. The molecule has 1 aliphatic rings. The van der Waals surface area contributed by atoms with E-state index < -0.39 is 0 Å². The van der Waals surface area contributed by atoms with Gasteiger partial charge >= 0.3 is 0 Å². The van der Waals surface area contributed by atoms with Gasteiger partial charge in [-0.3, -0.25) is 0 Å². The van der Waals surface area contributed by atoms with Crippen molar-refractivity contribution in [2.24, 2.45) is 0 Å². The summed E-state index contributed by atoms with van der Waals surface area (Å²) in [6, 6.07) is 6.46. The van der Waals surface area contributed by atoms with Crippen LogP contribution in [0.3, 0.4) is 0 Å². The molecule has 0 aliphatic carbocycles. The molecule has 4 heteroatoms. The number of nitrogens with zero attached hydrogens (tertiary/aromatic N) is 1. The lowest BCUT2D eigenvalue weighted by Gasteiger charge is -2.16. The standard InChI is InChI=1S/C17H22N2O2/c1-3-4-5-6-12(2)19-17-14-10-16-15(20-11-21-16)9-13(14)7-8-18-17/h7-10,12H,3-6,11H2,1-2H3,(H,18,19). The Morgan fingerprint density at radius 3 is 2.86 bits per heavy atom. The number of ether oxygens (including phenoxy) is 2. The van der Waals surface area contributed by atoms with Gasteiger partial charge in [0.15, 0.2) is 11.5 Å². The number of aromatic nitrogens is 1. The third kappa shape index (κ3) is 3.04. The van der Waals surface area contributed by atoms with Crippen molar-refractivity contribution >= 4 is 16.6 Å². The van der Waals surface area contributed by atoms with Crippen LogP contribution < -0.4 is 14.8 Å². The first-order valence-electron chi connectivity index (χ1n) is 7.73. The van der Waals surface area contributed by atoms with E-state index in [1.54, 1.807) is 0 Å². The van der Waals surface area contributed by atoms with Crippen LogP contribution in [-0.2, 0) is 0 Å². The lowest BCUT2D eigenvalue weighted by Crippen LogP contribution is -2.16. The molecule has 0 bridgehead atoms. The van der Waals surface area contributed by atoms with Gasteiger partial charge in [0.25, 0.3) is 0 Å². The normalized spacial score (nSPS) is 14.4. The van der Waals surface area contributed by atoms with Crippen molar-refractivity contribution in [3.8, 4) is 11.5 Å². The molecule has 1 atom stereocenters. The Morgan fingerprint density at radius 1 is 1.24 bits per heavy atom. The maximum absolute atomic E-state index is 5.47. The highest BCUT2D eigenvalue weighted by atomic mass is 16.7. The zero-order chi connectivity index (χ0) is 14.7. The molecule has 1 aromatic heterocycles. The van der Waals surface area contributed by atoms with E-state index in [9.17, 15) is 0 Å². The van der Waals surface area contributed by atoms with Gasteiger partial charge in [-0.25, -0.2) is 4.98 Å². The minimum Gasteiger partial charge on any atom is -0.454 e. The third-order valence-corrected chi connectivity index (χ3v) is 3.88. The summed E-state index contributed by atoms with van der Waals surface area (Å²) in [6.07, 6.45) is 6.79. The number of anilines is 1. The molecule has 1 aliphatic heterocycles. The van der Waals surface area contributed by atoms with Crippen LogP contribution in [0.4, 0.5) is 5.82 Å². The Kier molecular flexibility index (Phi) is 4.13. The highest BCUT2D eigenvalue weighted by Gasteiger charge is 2.16. The molecule has 0 amide bonds. The average molecular weight is 286 g/mol. The minimum absolute atomic E-state index is 0.301. The summed E-state index contributed by atoms with van der Waals surface area (Å²) in [4.78, 5) is 4.49. The van der Waals surface area contributed by atoms with Crippen LogP contribution in [0.5, 0.6) is 11.5 Å². The van der Waals surface area contributed by atoms with Crippen LogP contribution >= 0.6 is 0 Å². The molecule has 1 aromatic carbocycles. The second kappa shape index (κ2) is 6.20. The van der Waals surface area contributed by atoms with E-state index in [0.717, 1.165) is 34.5 Å². The van der Waals surface area contributed by atoms with Crippen molar-refractivity contribution in [2.75, 3.05) is 12.1 Å². The molecule has 0 radical (unpaired) electrons. The van der Waals surface area contributed by atoms with E-state index >= 15 is 0 Å². The van der Waals surface area contributed by atoms with Crippen molar-refractivity contribution in [1.29, 1.82) is 0 Å². The Balaban J connectivity index is 1.82. The van der Waals surface area contributed by atoms with Crippen molar-refractivity contribution < 1.29 is 9.47 Å². The first-order valence-corrected chi connectivity index (χ1v) is 7.73. The fourth-order valence-corrected chi connectivity index (χ4v) is 2.68. The number of unbranched alkanes of at least 4 members (excludes halogenated alkanes) is 2. The first kappa shape index (κ1) is 14.0. The van der Waals surface area contributed by atoms with Crippen molar-refractivity contribution in [3.63, 3.8) is 0 Å². The monoisotopic (exact) mass is 286 g/mol. The number of hydrogen-bond acceptors (Lipinski definition) is 4. The fraction of sp³-hybridized carbons (Fsp3) is 0.471. The smallest absolute Gasteiger partial charge is 0.231 e. The summed E-state index contributed by atoms with van der Waals surface area (Å²) in [5.74, 6) is 2.54. The molecule has 2 aromatic rings. The van der Waals surface area contributed by atoms with Gasteiger partial charge in [0.2, 0.25) is 6.79 Å². The molecule has 4 nitrogen and oxygen atoms in total. The van der Waals surface area contributed by atoms with E-state index in [1.807, 2.05) is 24.4 Å². The summed E-state index contributed by atoms with van der Waals surface area (Å²) in [6.45, 7) is 4.74. The molecular weight excluding hydrogens is 264 g/mol. The highest BCUT2D eigenvalue weighted by molar-refractivity contribution is 5.94. The van der Waals surface area contributed by atoms with Gasteiger partial charge in [0.1, 0.15) is 5.82 Å². The zero-order valence-electron chi connectivity index (χ0n) is 12.7. The molecule has 0 saturated heterocycles. The molecule has 3 rings (SSSR count). The molecule has 112 valence electrons. The maximum atomic E-state index is 5.47. The predicted octanol–water partition coefficient (Wildman–Crippen LogP) is 4.34. The number of hydrogen-bond donors (Lipinski definition) is 1. The molecular formula is C17H22N2O2. The maximum Gasteiger partial charge on any atom is 0.231 e. The molecule has 1 unspecified atom stereocenters. The van der Waals surface area contributed by atoms with Crippen LogP contribution in [0.25, 0.3) is 10.8 Å². The lowest BCUT2D eigenvalue weighted by atomic mass is 10.1. The van der Waals surface area contributed by atoms with Gasteiger partial charge in [-0.15, -0.1) is 0 Å². The summed E-state index contributed by atoms with van der Waals surface area (Å²) in [5.41, 5.74) is 0. The van der Waals surface area contributed by atoms with E-state index in [-0.39, 0.29) is 0 Å². The number of benzene rings is 1. The van der Waals surface area contributed by atoms with E-state index in [1.165, 1.54) is 19.3 Å². The van der Waals surface area contributed by atoms with Gasteiger partial charge in [-0.1, -0.05) is 26.2 Å². The SMILES string of the molecule is CCCCCC(C)Nc1nccc2cc3c(cc12)OCO3. The van der Waals surface area contributed by atoms with Crippen LogP contribution in [0.15, 0.2) is 24.4 Å². The molecule has 0 spiro atoms. The Hall–Kier alpha value is -1.97. The van der Waals surface area contributed by atoms with Gasteiger partial charge in [0.05, 0.1) is 0 Å². The van der Waals surface area contributed by atoms with Crippen LogP contribution in [-0.4, -0.2) is 17.8 Å². The Morgan fingerprint density at radius 2 is 2.05 bits per heavy atom. The minimum atomic E-state index is 0.301. The summed E-state index contributed by atoms with van der Waals surface area (Å²) in [5, 5.41) is 5.74. The number of fused-ring (bicyclic) bond motifs is 2. The molecule has 0 fully saturated rings. The second-order valence-electron chi connectivity index (χ2n) is 5.63. The van der Waals surface area contributed by atoms with Crippen LogP contribution in [0, 0.1) is 0 Å². The van der Waals surface area contributed by atoms with Crippen LogP contribution in [0.2, 0.25) is 0 Å². The summed E-state index contributed by atoms with van der Waals surface area (Å²) < 4.78 is 10.9. The van der Waals surface area contributed by atoms with E-state index in [2.05, 4.69) is 24.1 Å². The summed E-state index contributed by atoms with van der Waals surface area (Å²) >= 11 is 0. The van der Waals surface area contributed by atoms with Gasteiger partial charge in [-0.2, -0.15) is 0 Å². The quantitative estimate of drug-likeness (QED) is 0.802. The van der Waals surface area contributed by atoms with Gasteiger partial charge < -0.3 is 14.8 Å². The third-order valence-electron chi connectivity index (χ3n) is 3.88. The lowest BCUT2D eigenvalue weighted by molar-refractivity contribution is 0.174. The zero-order valence-corrected chi connectivity index (χ0v) is 12.7. The van der Waals surface area contributed by atoms with Crippen molar-refractivity contribution in [2.45, 2.75) is 45.6 Å². The average Bonchev–Trinajstić information content (AvgIpc) is 2.93. The largest absolute Gasteiger partial charge is 0.454 e. The number of rotatable bonds is 6. The van der Waals surface area contributed by atoms with Crippen LogP contribution in [0.1, 0.15) is 39.5 Å². The first-order chi connectivity index (χ1) is 10.3. The van der Waals surface area contributed by atoms with Gasteiger partial charge in [-0.05, 0) is 36.9 Å². The molecule has 0 saturated carbocycles. The number of nitrogens with one attached hydrogen (secondary N) is 1. The van der Waals surface area contributed by atoms with Crippen molar-refractivity contribution in [1.82, 2.24) is 4.98 Å². The Bertz CT molecular complexity index is 627. The fourth-order valence-electron chi connectivity index (χ4n) is 2.68. The molecule has 21 heavy (non-hydrogen) atoms. The Labute approximate surface area is 125 Å². The highest BCUT2D eigenvalue weighted by Crippen LogP contribution is 2.37. The predicted molar refractivity (Wildman–Crippen MR) is 85.1 cm³/mol.